The van der Waals surface area contributed by atoms with Crippen LogP contribution in [0.2, 0.25) is 10.2 Å². The minimum Gasteiger partial charge on any atom is -0.407 e. The summed E-state index contributed by atoms with van der Waals surface area (Å²) >= 11 is 13.2. The number of nitrogens with zero attached hydrogens (tertiary/aromatic N) is 3. The number of benzene rings is 3. The maximum atomic E-state index is 13.3. The van der Waals surface area contributed by atoms with Gasteiger partial charge < -0.3 is 19.9 Å². The van der Waals surface area contributed by atoms with E-state index in [0.717, 1.165) is 70.6 Å². The minimum absolute atomic E-state index is 0.158. The second-order valence-corrected chi connectivity index (χ2v) is 12.3. The minimum atomic E-state index is -0.654. The molecule has 0 spiro atoms. The van der Waals surface area contributed by atoms with Crippen molar-refractivity contribution < 1.29 is 14.3 Å². The summed E-state index contributed by atoms with van der Waals surface area (Å²) in [5, 5.41) is 9.74. The lowest BCUT2D eigenvalue weighted by Crippen LogP contribution is -2.19. The van der Waals surface area contributed by atoms with E-state index in [1.165, 1.54) is 6.20 Å². The molecule has 2 aromatic heterocycles. The smallest absolute Gasteiger partial charge is 0.407 e. The van der Waals surface area contributed by atoms with Crippen LogP contribution in [0.25, 0.3) is 11.4 Å². The number of para-hydroxylation sites is 2. The highest BCUT2D eigenvalue weighted by Crippen LogP contribution is 2.37. The second kappa shape index (κ2) is 15.6. The highest BCUT2D eigenvalue weighted by Gasteiger charge is 2.21. The van der Waals surface area contributed by atoms with E-state index in [0.29, 0.717) is 17.0 Å². The van der Waals surface area contributed by atoms with Gasteiger partial charge in [-0.05, 0) is 78.6 Å². The zero-order chi connectivity index (χ0) is 35.2. The number of hydrogen-bond acceptors (Lipinski definition) is 6. The number of nitrogens with one attached hydrogen (secondary N) is 3. The molecule has 0 saturated carbocycles. The van der Waals surface area contributed by atoms with Crippen LogP contribution in [0, 0.1) is 6.92 Å². The number of aromatic nitrogens is 3. The van der Waals surface area contributed by atoms with Crippen molar-refractivity contribution in [2.45, 2.75) is 60.3 Å². The number of aryl methyl sites for hydroxylation is 5. The molecule has 9 nitrogen and oxygen atoms in total. The molecule has 0 aliphatic heterocycles. The molecule has 254 valence electrons. The Hall–Kier alpha value is -4.86. The van der Waals surface area contributed by atoms with Gasteiger partial charge in [-0.3, -0.25) is 10.1 Å². The van der Waals surface area contributed by atoms with Crippen LogP contribution in [0.15, 0.2) is 66.9 Å². The van der Waals surface area contributed by atoms with Crippen molar-refractivity contribution in [3.05, 3.63) is 110 Å². The Labute approximate surface area is 297 Å². The van der Waals surface area contributed by atoms with E-state index < -0.39 is 6.09 Å². The number of amides is 2. The van der Waals surface area contributed by atoms with Gasteiger partial charge in [-0.2, -0.15) is 0 Å². The molecule has 0 fully saturated rings. The van der Waals surface area contributed by atoms with Crippen molar-refractivity contribution in [2.75, 3.05) is 16.0 Å². The number of rotatable bonds is 11. The van der Waals surface area contributed by atoms with Crippen LogP contribution >= 0.6 is 23.2 Å². The first kappa shape index (κ1) is 35.4. The molecule has 5 aromatic rings. The molecule has 0 bridgehead atoms. The van der Waals surface area contributed by atoms with Crippen LogP contribution in [0.1, 0.15) is 65.9 Å². The van der Waals surface area contributed by atoms with E-state index in [4.69, 9.17) is 27.9 Å². The van der Waals surface area contributed by atoms with Gasteiger partial charge in [0.25, 0.3) is 5.91 Å². The van der Waals surface area contributed by atoms with Crippen molar-refractivity contribution in [1.29, 1.82) is 0 Å². The normalized spacial score (nSPS) is 10.9. The molecular formula is C38H40Cl2N6O3. The summed E-state index contributed by atoms with van der Waals surface area (Å²) in [5.74, 6) is 0.262. The van der Waals surface area contributed by atoms with Crippen LogP contribution in [0.4, 0.5) is 27.8 Å². The summed E-state index contributed by atoms with van der Waals surface area (Å²) in [6.45, 7) is 10.1. The van der Waals surface area contributed by atoms with Crippen LogP contribution in [0.5, 0.6) is 5.75 Å². The molecule has 0 atom stereocenters. The topological polar surface area (TPSA) is 110 Å². The van der Waals surface area contributed by atoms with Crippen molar-refractivity contribution in [3.63, 3.8) is 0 Å². The molecule has 0 unspecified atom stereocenters. The molecule has 3 N–H and O–H groups in total. The summed E-state index contributed by atoms with van der Waals surface area (Å²) < 4.78 is 7.31. The number of carbonyl (C=O) groups excluding carboxylic acids is 2. The molecule has 0 aliphatic carbocycles. The average molecular weight is 700 g/mol. The Balaban J connectivity index is 1.34. The number of carbonyl (C=O) groups is 2. The van der Waals surface area contributed by atoms with E-state index in [-0.39, 0.29) is 27.8 Å². The highest BCUT2D eigenvalue weighted by atomic mass is 35.5. The van der Waals surface area contributed by atoms with Gasteiger partial charge >= 0.3 is 6.09 Å². The lowest BCUT2D eigenvalue weighted by atomic mass is 10.0. The van der Waals surface area contributed by atoms with Crippen molar-refractivity contribution in [1.82, 2.24) is 14.5 Å². The Morgan fingerprint density at radius 3 is 1.94 bits per heavy atom. The molecule has 49 heavy (non-hydrogen) atoms. The zero-order valence-electron chi connectivity index (χ0n) is 28.5. The predicted molar refractivity (Wildman–Crippen MR) is 199 cm³/mol. The van der Waals surface area contributed by atoms with Crippen molar-refractivity contribution in [3.8, 4) is 17.1 Å². The molecule has 5 rings (SSSR count). The zero-order valence-corrected chi connectivity index (χ0v) is 30.0. The molecular weight excluding hydrogens is 659 g/mol. The number of anilines is 4. The third kappa shape index (κ3) is 7.74. The Morgan fingerprint density at radius 2 is 1.39 bits per heavy atom. The number of hydrogen-bond donors (Lipinski definition) is 3. The number of ether oxygens (including phenoxy) is 1. The Kier molecular flexibility index (Phi) is 11.3. The van der Waals surface area contributed by atoms with Crippen LogP contribution in [-0.2, 0) is 32.7 Å². The molecule has 11 heteroatoms. The fourth-order valence-corrected chi connectivity index (χ4v) is 6.11. The van der Waals surface area contributed by atoms with E-state index in [2.05, 4.69) is 39.8 Å². The predicted octanol–water partition coefficient (Wildman–Crippen LogP) is 9.95. The first-order valence-corrected chi connectivity index (χ1v) is 17.1. The van der Waals surface area contributed by atoms with Gasteiger partial charge in [-0.1, -0.05) is 87.3 Å². The van der Waals surface area contributed by atoms with E-state index in [1.54, 1.807) is 23.7 Å². The number of halogens is 2. The van der Waals surface area contributed by atoms with Gasteiger partial charge in [-0.15, -0.1) is 0 Å². The molecule has 2 heterocycles. The Morgan fingerprint density at radius 1 is 0.816 bits per heavy atom. The maximum Gasteiger partial charge on any atom is 0.417 e. The fourth-order valence-electron chi connectivity index (χ4n) is 5.74. The second-order valence-electron chi connectivity index (χ2n) is 11.6. The third-order valence-electron chi connectivity index (χ3n) is 8.51. The lowest BCUT2D eigenvalue weighted by molar-refractivity contribution is 0.102. The van der Waals surface area contributed by atoms with Crippen LogP contribution in [-0.4, -0.2) is 26.5 Å². The molecule has 0 radical (unpaired) electrons. The van der Waals surface area contributed by atoms with E-state index in [9.17, 15) is 9.59 Å². The average Bonchev–Trinajstić information content (AvgIpc) is 3.38. The monoisotopic (exact) mass is 698 g/mol. The Bertz CT molecular complexity index is 1980. The van der Waals surface area contributed by atoms with Gasteiger partial charge in [0.15, 0.2) is 10.9 Å². The quantitative estimate of drug-likeness (QED) is 0.127. The molecule has 3 aromatic carbocycles. The molecule has 2 amide bonds. The SMILES string of the molecule is CCc1cccc(CC)c1NC(=O)Oc1cc(-c2nc(Nc3ccc(C(=O)Nc4c(CC)cccc4CC)cc3C)ncc2Cl)n(C)c1Cl. The summed E-state index contributed by atoms with van der Waals surface area (Å²) in [5.41, 5.74) is 8.84. The van der Waals surface area contributed by atoms with Crippen LogP contribution in [0.3, 0.4) is 0 Å². The van der Waals surface area contributed by atoms with E-state index >= 15 is 0 Å². The maximum absolute atomic E-state index is 13.3. The standard InChI is InChI=1S/C38H40Cl2N6O3/c1-7-23-13-11-14-24(8-2)32(23)43-36(47)27-17-18-29(22(5)19-27)42-37-41-21-28(39)34(44-37)30-20-31(35(40)46(30)6)49-38(48)45-33-25(9-3)15-12-16-26(33)10-4/h11-21H,7-10H2,1-6H3,(H,43,47)(H,45,48)(H,41,42,44). The fraction of sp³-hybridized carbons (Fsp3) is 0.263. The van der Waals surface area contributed by atoms with Gasteiger partial charge in [-0.25, -0.2) is 14.8 Å². The first-order valence-electron chi connectivity index (χ1n) is 16.4. The largest absolute Gasteiger partial charge is 0.417 e. The first-order chi connectivity index (χ1) is 23.6. The van der Waals surface area contributed by atoms with Gasteiger partial charge in [0.05, 0.1) is 22.6 Å². The van der Waals surface area contributed by atoms with Crippen molar-refractivity contribution in [2.24, 2.45) is 7.05 Å². The summed E-state index contributed by atoms with van der Waals surface area (Å²) in [6, 6.07) is 19.1. The highest BCUT2D eigenvalue weighted by molar-refractivity contribution is 6.33. The van der Waals surface area contributed by atoms with E-state index in [1.807, 2.05) is 69.3 Å². The lowest BCUT2D eigenvalue weighted by Gasteiger charge is -2.15. The third-order valence-corrected chi connectivity index (χ3v) is 9.23. The summed E-state index contributed by atoms with van der Waals surface area (Å²) in [4.78, 5) is 35.3. The summed E-state index contributed by atoms with van der Waals surface area (Å²) in [6.07, 6.45) is 3.99. The van der Waals surface area contributed by atoms with Gasteiger partial charge in [0.1, 0.15) is 5.69 Å². The molecule has 0 aliphatic rings. The molecule has 0 saturated heterocycles. The van der Waals surface area contributed by atoms with Gasteiger partial charge in [0, 0.05) is 30.1 Å². The van der Waals surface area contributed by atoms with Crippen LogP contribution < -0.4 is 20.7 Å². The summed E-state index contributed by atoms with van der Waals surface area (Å²) in [7, 11) is 1.73. The van der Waals surface area contributed by atoms with Gasteiger partial charge in [0.2, 0.25) is 5.95 Å². The van der Waals surface area contributed by atoms with Crippen molar-refractivity contribution >= 4 is 58.2 Å².